The molecule has 0 saturated carbocycles. The molecule has 3 unspecified atom stereocenters. The zero-order valence-corrected chi connectivity index (χ0v) is 41.7. The van der Waals surface area contributed by atoms with Crippen LogP contribution in [-0.2, 0) is 27.2 Å². The quantitative estimate of drug-likeness (QED) is 0.0285. The third-order valence-electron chi connectivity index (χ3n) is 12.2. The Labute approximate surface area is 389 Å². The van der Waals surface area contributed by atoms with Crippen LogP contribution >= 0.6 is 37.9 Å². The van der Waals surface area contributed by atoms with Crippen LogP contribution in [0.5, 0.6) is 5.75 Å². The van der Waals surface area contributed by atoms with Gasteiger partial charge in [0.05, 0.1) is 25.9 Å². The third-order valence-corrected chi connectivity index (χ3v) is 13.5. The van der Waals surface area contributed by atoms with E-state index in [0.29, 0.717) is 36.3 Å². The minimum atomic E-state index is -0.996. The maximum atomic E-state index is 12.4. The van der Waals surface area contributed by atoms with Crippen molar-refractivity contribution >= 4 is 55.8 Å². The van der Waals surface area contributed by atoms with Crippen molar-refractivity contribution in [1.29, 1.82) is 0 Å². The Morgan fingerprint density at radius 2 is 0.639 bits per heavy atom. The van der Waals surface area contributed by atoms with Crippen LogP contribution in [0.1, 0.15) is 276 Å². The number of carboxylic acids is 3. The SMILES string of the molecule is CCCCCCCCCCCCOc1c(C(S)CC(=O)O)c(CCCCCCCCCCCC)c(C(S)CC(=O)O)c(CCCCCCCCCCCC)c1C(S)CC(=O)O. The maximum Gasteiger partial charge on any atom is 0.304 e. The average Bonchev–Trinajstić information content (AvgIpc) is 3.20. The molecular weight excluding hydrogens is 821 g/mol. The van der Waals surface area contributed by atoms with E-state index in [0.717, 1.165) is 74.5 Å². The van der Waals surface area contributed by atoms with Crippen LogP contribution < -0.4 is 4.74 Å². The van der Waals surface area contributed by atoms with Crippen molar-refractivity contribution < 1.29 is 34.4 Å². The summed E-state index contributed by atoms with van der Waals surface area (Å²) >= 11 is 14.9. The molecule has 1 aromatic carbocycles. The van der Waals surface area contributed by atoms with E-state index in [1.165, 1.54) is 135 Å². The molecule has 0 spiro atoms. The van der Waals surface area contributed by atoms with E-state index < -0.39 is 33.7 Å². The fraction of sp³-hybridized carbons (Fsp3) is 0.824. The van der Waals surface area contributed by atoms with Crippen molar-refractivity contribution in [2.45, 2.75) is 261 Å². The molecule has 354 valence electrons. The first kappa shape index (κ1) is 57.5. The van der Waals surface area contributed by atoms with Crippen molar-refractivity contribution in [1.82, 2.24) is 0 Å². The van der Waals surface area contributed by atoms with Crippen LogP contribution in [0.4, 0.5) is 0 Å². The first-order valence-corrected chi connectivity index (χ1v) is 26.6. The third kappa shape index (κ3) is 26.8. The second-order valence-electron chi connectivity index (χ2n) is 17.8. The summed E-state index contributed by atoms with van der Waals surface area (Å²) in [5.74, 6) is -2.45. The largest absolute Gasteiger partial charge is 0.493 e. The van der Waals surface area contributed by atoms with Gasteiger partial charge in [-0.05, 0) is 48.8 Å². The van der Waals surface area contributed by atoms with Gasteiger partial charge in [-0.25, -0.2) is 0 Å². The molecule has 1 rings (SSSR count). The minimum absolute atomic E-state index is 0.219. The van der Waals surface area contributed by atoms with Crippen LogP contribution in [0.15, 0.2) is 0 Å². The van der Waals surface area contributed by atoms with Gasteiger partial charge in [0.25, 0.3) is 0 Å². The lowest BCUT2D eigenvalue weighted by molar-refractivity contribution is -0.138. The summed E-state index contributed by atoms with van der Waals surface area (Å²) in [6.07, 6.45) is 35.7. The minimum Gasteiger partial charge on any atom is -0.493 e. The van der Waals surface area contributed by atoms with Gasteiger partial charge in [-0.15, -0.1) is 0 Å². The molecule has 0 bridgehead atoms. The number of thiol groups is 3. The molecule has 0 fully saturated rings. The van der Waals surface area contributed by atoms with Crippen LogP contribution in [-0.4, -0.2) is 39.8 Å². The molecule has 0 amide bonds. The Hall–Kier alpha value is -1.52. The number of ether oxygens (including phenoxy) is 1. The molecule has 0 aliphatic heterocycles. The number of carboxylic acid groups (broad SMARTS) is 3. The van der Waals surface area contributed by atoms with E-state index in [-0.39, 0.29) is 19.3 Å². The van der Waals surface area contributed by atoms with Crippen LogP contribution in [0.3, 0.4) is 0 Å². The average molecular weight is 911 g/mol. The van der Waals surface area contributed by atoms with Crippen molar-refractivity contribution in [3.8, 4) is 5.75 Å². The van der Waals surface area contributed by atoms with Crippen molar-refractivity contribution in [2.75, 3.05) is 6.61 Å². The Kier molecular flexibility index (Phi) is 35.6. The summed E-state index contributed by atoms with van der Waals surface area (Å²) in [7, 11) is 0. The molecule has 7 nitrogen and oxygen atoms in total. The van der Waals surface area contributed by atoms with Gasteiger partial charge in [0, 0.05) is 26.9 Å². The van der Waals surface area contributed by atoms with Crippen molar-refractivity contribution in [3.05, 3.63) is 27.8 Å². The van der Waals surface area contributed by atoms with Crippen LogP contribution in [0, 0.1) is 0 Å². The number of unbranched alkanes of at least 4 members (excludes halogenated alkanes) is 27. The fourth-order valence-corrected chi connectivity index (χ4v) is 10.2. The summed E-state index contributed by atoms with van der Waals surface area (Å²) in [6.45, 7) is 7.12. The topological polar surface area (TPSA) is 121 Å². The van der Waals surface area contributed by atoms with Gasteiger partial charge < -0.3 is 20.1 Å². The van der Waals surface area contributed by atoms with Crippen LogP contribution in [0.2, 0.25) is 0 Å². The lowest BCUT2D eigenvalue weighted by atomic mass is 9.80. The predicted molar refractivity (Wildman–Crippen MR) is 267 cm³/mol. The van der Waals surface area contributed by atoms with Gasteiger partial charge in [0.15, 0.2) is 0 Å². The summed E-state index contributed by atoms with van der Waals surface area (Å²) in [4.78, 5) is 37.0. The monoisotopic (exact) mass is 911 g/mol. The number of rotatable bonds is 43. The molecule has 0 saturated heterocycles. The molecule has 0 aromatic heterocycles. The number of aliphatic carboxylic acids is 3. The zero-order chi connectivity index (χ0) is 45.1. The van der Waals surface area contributed by atoms with Gasteiger partial charge in [-0.1, -0.05) is 194 Å². The Balaban J connectivity index is 3.68. The summed E-state index contributed by atoms with van der Waals surface area (Å²) in [5, 5.41) is 28.1. The number of hydrogen-bond donors (Lipinski definition) is 6. The smallest absolute Gasteiger partial charge is 0.304 e. The lowest BCUT2D eigenvalue weighted by Gasteiger charge is -2.32. The van der Waals surface area contributed by atoms with Gasteiger partial charge in [-0.2, -0.15) is 37.9 Å². The number of carbonyl (C=O) groups is 3. The van der Waals surface area contributed by atoms with Crippen molar-refractivity contribution in [3.63, 3.8) is 0 Å². The molecule has 0 heterocycles. The molecule has 0 radical (unpaired) electrons. The van der Waals surface area contributed by atoms with Crippen molar-refractivity contribution in [2.24, 2.45) is 0 Å². The van der Waals surface area contributed by atoms with Gasteiger partial charge >= 0.3 is 17.9 Å². The van der Waals surface area contributed by atoms with Crippen LogP contribution in [0.25, 0.3) is 0 Å². The van der Waals surface area contributed by atoms with E-state index in [1.54, 1.807) is 0 Å². The normalized spacial score (nSPS) is 13.0. The molecule has 10 heteroatoms. The van der Waals surface area contributed by atoms with Gasteiger partial charge in [-0.3, -0.25) is 14.4 Å². The molecule has 1 aromatic rings. The maximum absolute atomic E-state index is 12.4. The highest BCUT2D eigenvalue weighted by Gasteiger charge is 2.34. The lowest BCUT2D eigenvalue weighted by Crippen LogP contribution is -2.19. The first-order valence-electron chi connectivity index (χ1n) is 25.0. The van der Waals surface area contributed by atoms with Gasteiger partial charge in [0.2, 0.25) is 0 Å². The summed E-state index contributed by atoms with van der Waals surface area (Å²) < 4.78 is 6.82. The molecule has 3 atom stereocenters. The molecule has 0 aliphatic rings. The Bertz CT molecular complexity index is 1230. The molecule has 61 heavy (non-hydrogen) atoms. The Morgan fingerprint density at radius 3 is 0.918 bits per heavy atom. The number of benzene rings is 1. The molecule has 3 N–H and O–H groups in total. The second-order valence-corrected chi connectivity index (χ2v) is 19.6. The number of hydrogen-bond acceptors (Lipinski definition) is 7. The standard InChI is InChI=1S/C51H90O7S3/c1-4-7-10-13-16-19-22-25-28-31-34-40-48(42(59)37-45(52)53)41(35-32-29-26-23-20-17-14-11-8-5-2)50(44(61)39-47(56)57)51(49(40)43(60)38-46(54)55)58-36-33-30-27-24-21-18-15-12-9-6-3/h42-44,59-61H,4-39H2,1-3H3,(H,52,53)(H,54,55)(H,56,57). The zero-order valence-electron chi connectivity index (χ0n) is 39.0. The van der Waals surface area contributed by atoms with E-state index >= 15 is 0 Å². The van der Waals surface area contributed by atoms with Gasteiger partial charge in [0.1, 0.15) is 5.75 Å². The van der Waals surface area contributed by atoms with E-state index in [4.69, 9.17) is 42.6 Å². The molecular formula is C51H90O7S3. The highest BCUT2D eigenvalue weighted by molar-refractivity contribution is 7.81. The summed E-state index contributed by atoms with van der Waals surface area (Å²) in [5.41, 5.74) is 3.88. The second kappa shape index (κ2) is 37.8. The van der Waals surface area contributed by atoms with E-state index in [2.05, 4.69) is 20.8 Å². The highest BCUT2D eigenvalue weighted by atomic mass is 32.1. The molecule has 0 aliphatic carbocycles. The fourth-order valence-electron chi connectivity index (χ4n) is 8.84. The summed E-state index contributed by atoms with van der Waals surface area (Å²) in [6, 6.07) is 0. The first-order chi connectivity index (χ1) is 29.5. The predicted octanol–water partition coefficient (Wildman–Crippen LogP) is 16.2. The van der Waals surface area contributed by atoms with E-state index in [1.807, 2.05) is 0 Å². The Morgan fingerprint density at radius 1 is 0.393 bits per heavy atom. The highest BCUT2D eigenvalue weighted by Crippen LogP contribution is 2.50. The van der Waals surface area contributed by atoms with E-state index in [9.17, 15) is 29.7 Å².